The van der Waals surface area contributed by atoms with E-state index in [-0.39, 0.29) is 4.21 Å². The van der Waals surface area contributed by atoms with Gasteiger partial charge in [-0.05, 0) is 59.1 Å². The summed E-state index contributed by atoms with van der Waals surface area (Å²) in [5.41, 5.74) is 2.69. The predicted molar refractivity (Wildman–Crippen MR) is 83.8 cm³/mol. The van der Waals surface area contributed by atoms with Crippen LogP contribution >= 0.6 is 38.9 Å². The lowest BCUT2D eigenvalue weighted by Gasteiger charge is -2.08. The highest BCUT2D eigenvalue weighted by Crippen LogP contribution is 2.35. The maximum Gasteiger partial charge on any atom is 0.271 e. The van der Waals surface area contributed by atoms with Gasteiger partial charge in [-0.25, -0.2) is 8.42 Å². The Bertz CT molecular complexity index is 706. The second-order valence-electron chi connectivity index (χ2n) is 4.09. The summed E-state index contributed by atoms with van der Waals surface area (Å²) < 4.78 is 27.7. The molecule has 0 spiro atoms. The van der Waals surface area contributed by atoms with Crippen molar-refractivity contribution < 1.29 is 8.42 Å². The largest absolute Gasteiger partial charge is 0.279 e. The van der Waals surface area contributed by atoms with Crippen molar-refractivity contribution in [3.05, 3.63) is 44.2 Å². The quantitative estimate of drug-likeness (QED) is 0.847. The molecule has 0 amide bonds. The van der Waals surface area contributed by atoms with E-state index in [1.807, 2.05) is 19.9 Å². The van der Waals surface area contributed by atoms with Crippen LogP contribution < -0.4 is 4.72 Å². The first kappa shape index (κ1) is 14.8. The number of halogens is 2. The lowest BCUT2D eigenvalue weighted by molar-refractivity contribution is 0.603. The molecule has 0 bridgehead atoms. The molecule has 0 aliphatic heterocycles. The van der Waals surface area contributed by atoms with Gasteiger partial charge in [-0.1, -0.05) is 17.7 Å². The summed E-state index contributed by atoms with van der Waals surface area (Å²) in [6, 6.07) is 6.85. The number of benzene rings is 1. The van der Waals surface area contributed by atoms with Crippen LogP contribution in [0.4, 0.5) is 5.69 Å². The van der Waals surface area contributed by atoms with Crippen molar-refractivity contribution in [2.75, 3.05) is 4.72 Å². The standard InChI is InChI=1S/C12H11BrClNO2S2/c1-7-3-4-9(5-8(7)2)15-19(16,17)11-6-10(14)12(13)18-11/h3-6,15H,1-2H3. The molecular formula is C12H11BrClNO2S2. The van der Waals surface area contributed by atoms with Gasteiger partial charge in [0.25, 0.3) is 10.0 Å². The Balaban J connectivity index is 2.33. The van der Waals surface area contributed by atoms with E-state index in [2.05, 4.69) is 20.7 Å². The monoisotopic (exact) mass is 379 g/mol. The number of hydrogen-bond donors (Lipinski definition) is 1. The fourth-order valence-corrected chi connectivity index (χ4v) is 4.92. The molecule has 1 heterocycles. The molecule has 19 heavy (non-hydrogen) atoms. The minimum absolute atomic E-state index is 0.183. The highest BCUT2D eigenvalue weighted by molar-refractivity contribution is 9.11. The molecule has 102 valence electrons. The second-order valence-corrected chi connectivity index (χ2v) is 8.78. The molecule has 0 saturated carbocycles. The lowest BCUT2D eigenvalue weighted by Crippen LogP contribution is -2.11. The van der Waals surface area contributed by atoms with Crippen LogP contribution in [0.3, 0.4) is 0 Å². The third-order valence-corrected chi connectivity index (χ3v) is 6.98. The topological polar surface area (TPSA) is 46.2 Å². The van der Waals surface area contributed by atoms with E-state index in [0.29, 0.717) is 14.5 Å². The van der Waals surface area contributed by atoms with Gasteiger partial charge in [-0.2, -0.15) is 0 Å². The minimum Gasteiger partial charge on any atom is -0.279 e. The normalized spacial score (nSPS) is 11.6. The first-order valence-corrected chi connectivity index (χ1v) is 8.81. The first-order chi connectivity index (χ1) is 8.79. The van der Waals surface area contributed by atoms with Crippen molar-refractivity contribution in [1.82, 2.24) is 0 Å². The average Bonchev–Trinajstić information content (AvgIpc) is 2.65. The fourth-order valence-electron chi connectivity index (χ4n) is 1.47. The van der Waals surface area contributed by atoms with Crippen molar-refractivity contribution in [1.29, 1.82) is 0 Å². The summed E-state index contributed by atoms with van der Waals surface area (Å²) in [7, 11) is -3.59. The molecule has 0 fully saturated rings. The Morgan fingerprint density at radius 2 is 1.89 bits per heavy atom. The van der Waals surface area contributed by atoms with Crippen LogP contribution in [0.5, 0.6) is 0 Å². The van der Waals surface area contributed by atoms with E-state index in [1.54, 1.807) is 12.1 Å². The van der Waals surface area contributed by atoms with Crippen LogP contribution in [0, 0.1) is 13.8 Å². The van der Waals surface area contributed by atoms with Crippen LogP contribution in [0.1, 0.15) is 11.1 Å². The Hall–Kier alpha value is -0.560. The van der Waals surface area contributed by atoms with Gasteiger partial charge in [0.1, 0.15) is 4.21 Å². The molecule has 2 rings (SSSR count). The summed E-state index contributed by atoms with van der Waals surface area (Å²) >= 11 is 10.1. The molecule has 0 unspecified atom stereocenters. The molecule has 0 atom stereocenters. The molecule has 0 saturated heterocycles. The zero-order valence-electron chi connectivity index (χ0n) is 10.2. The van der Waals surface area contributed by atoms with Gasteiger partial charge >= 0.3 is 0 Å². The number of anilines is 1. The number of nitrogens with one attached hydrogen (secondary N) is 1. The van der Waals surface area contributed by atoms with Crippen molar-refractivity contribution in [2.24, 2.45) is 0 Å². The molecule has 2 aromatic rings. The Labute approximate surface area is 129 Å². The lowest BCUT2D eigenvalue weighted by atomic mass is 10.1. The first-order valence-electron chi connectivity index (χ1n) is 5.34. The van der Waals surface area contributed by atoms with Crippen LogP contribution in [-0.4, -0.2) is 8.42 Å². The zero-order valence-corrected chi connectivity index (χ0v) is 14.2. The van der Waals surface area contributed by atoms with Gasteiger partial charge < -0.3 is 0 Å². The van der Waals surface area contributed by atoms with Crippen molar-refractivity contribution >= 4 is 54.6 Å². The number of hydrogen-bond acceptors (Lipinski definition) is 3. The van der Waals surface area contributed by atoms with E-state index in [1.165, 1.54) is 6.07 Å². The van der Waals surface area contributed by atoms with Gasteiger partial charge in [0.2, 0.25) is 0 Å². The molecule has 1 aromatic heterocycles. The summed E-state index contributed by atoms with van der Waals surface area (Å²) in [4.78, 5) is 0. The highest BCUT2D eigenvalue weighted by Gasteiger charge is 2.19. The van der Waals surface area contributed by atoms with Crippen molar-refractivity contribution in [3.63, 3.8) is 0 Å². The van der Waals surface area contributed by atoms with E-state index in [9.17, 15) is 8.42 Å². The maximum atomic E-state index is 12.2. The summed E-state index contributed by atoms with van der Waals surface area (Å²) in [6.07, 6.45) is 0. The van der Waals surface area contributed by atoms with E-state index in [0.717, 1.165) is 22.5 Å². The number of sulfonamides is 1. The van der Waals surface area contributed by atoms with Crippen molar-refractivity contribution in [2.45, 2.75) is 18.1 Å². The summed E-state index contributed by atoms with van der Waals surface area (Å²) in [6.45, 7) is 3.91. The molecule has 3 nitrogen and oxygen atoms in total. The smallest absolute Gasteiger partial charge is 0.271 e. The number of thiophene rings is 1. The summed E-state index contributed by atoms with van der Waals surface area (Å²) in [5, 5.41) is 0.394. The Morgan fingerprint density at radius 1 is 1.21 bits per heavy atom. The molecular weight excluding hydrogens is 370 g/mol. The van der Waals surface area contributed by atoms with E-state index >= 15 is 0 Å². The van der Waals surface area contributed by atoms with Crippen LogP contribution in [0.15, 0.2) is 32.3 Å². The Morgan fingerprint density at radius 3 is 2.42 bits per heavy atom. The van der Waals surface area contributed by atoms with E-state index in [4.69, 9.17) is 11.6 Å². The molecule has 1 aromatic carbocycles. The highest BCUT2D eigenvalue weighted by atomic mass is 79.9. The second kappa shape index (κ2) is 5.44. The number of rotatable bonds is 3. The average molecular weight is 381 g/mol. The van der Waals surface area contributed by atoms with Gasteiger partial charge in [0, 0.05) is 5.69 Å². The third-order valence-electron chi connectivity index (χ3n) is 2.65. The van der Waals surface area contributed by atoms with E-state index < -0.39 is 10.0 Å². The van der Waals surface area contributed by atoms with Gasteiger partial charge in [0.15, 0.2) is 0 Å². The van der Waals surface area contributed by atoms with Gasteiger partial charge in [-0.15, -0.1) is 11.3 Å². The van der Waals surface area contributed by atoms with Crippen LogP contribution in [0.2, 0.25) is 5.02 Å². The molecule has 7 heteroatoms. The molecule has 0 radical (unpaired) electrons. The minimum atomic E-state index is -3.59. The predicted octanol–water partition coefficient (Wildman–Crippen LogP) is 4.58. The molecule has 1 N–H and O–H groups in total. The fraction of sp³-hybridized carbons (Fsp3) is 0.167. The SMILES string of the molecule is Cc1ccc(NS(=O)(=O)c2cc(Cl)c(Br)s2)cc1C. The molecule has 0 aliphatic carbocycles. The van der Waals surface area contributed by atoms with Crippen LogP contribution in [0.25, 0.3) is 0 Å². The van der Waals surface area contributed by atoms with Gasteiger partial charge in [-0.3, -0.25) is 4.72 Å². The van der Waals surface area contributed by atoms with Crippen LogP contribution in [-0.2, 0) is 10.0 Å². The third kappa shape index (κ3) is 3.31. The number of aryl methyl sites for hydroxylation is 2. The van der Waals surface area contributed by atoms with Crippen molar-refractivity contribution in [3.8, 4) is 0 Å². The summed E-state index contributed by atoms with van der Waals surface area (Å²) in [5.74, 6) is 0. The maximum absolute atomic E-state index is 12.2. The Kier molecular flexibility index (Phi) is 4.25. The zero-order chi connectivity index (χ0) is 14.2. The molecule has 0 aliphatic rings. The van der Waals surface area contributed by atoms with Gasteiger partial charge in [0.05, 0.1) is 8.81 Å².